The quantitative estimate of drug-likeness (QED) is 0.229. The predicted molar refractivity (Wildman–Crippen MR) is 133 cm³/mol. The highest BCUT2D eigenvalue weighted by Gasteiger charge is 2.30. The number of nitrogens with zero attached hydrogens (tertiary/aromatic N) is 4. The number of aromatic nitrogens is 4. The number of aromatic amines is 1. The highest BCUT2D eigenvalue weighted by Crippen LogP contribution is 2.33. The van der Waals surface area contributed by atoms with Crippen LogP contribution in [0, 0.1) is 11.3 Å². The first-order valence-corrected chi connectivity index (χ1v) is 12.2. The van der Waals surface area contributed by atoms with Crippen LogP contribution in [0.15, 0.2) is 71.0 Å². The van der Waals surface area contributed by atoms with Crippen LogP contribution in [0.2, 0.25) is 0 Å². The molecular weight excluding hydrogens is 519 g/mol. The third-order valence-corrected chi connectivity index (χ3v) is 6.18. The van der Waals surface area contributed by atoms with Gasteiger partial charge in [0.05, 0.1) is 18.2 Å². The summed E-state index contributed by atoms with van der Waals surface area (Å²) in [6.07, 6.45) is 1.06. The maximum absolute atomic E-state index is 13.0. The summed E-state index contributed by atoms with van der Waals surface area (Å²) in [5.74, 6) is 0.706. The molecule has 2 aromatic carbocycles. The average Bonchev–Trinajstić information content (AvgIpc) is 2.91. The van der Waals surface area contributed by atoms with Crippen molar-refractivity contribution in [1.29, 1.82) is 5.26 Å². The first-order chi connectivity index (χ1) is 18.2. The van der Waals surface area contributed by atoms with E-state index in [2.05, 4.69) is 19.9 Å². The monoisotopic (exact) mass is 539 g/mol. The fourth-order valence-electron chi connectivity index (χ4n) is 3.40. The van der Waals surface area contributed by atoms with Gasteiger partial charge in [-0.2, -0.15) is 18.4 Å². The number of halogens is 3. The number of aryl methyl sites for hydroxylation is 1. The highest BCUT2D eigenvalue weighted by molar-refractivity contribution is 7.99. The van der Waals surface area contributed by atoms with Gasteiger partial charge in [-0.05, 0) is 47.9 Å². The number of hydrogen-bond acceptors (Lipinski definition) is 8. The number of methoxy groups -OCH3 is 1. The van der Waals surface area contributed by atoms with Gasteiger partial charge in [-0.1, -0.05) is 23.9 Å². The Balaban J connectivity index is 1.35. The van der Waals surface area contributed by atoms with Gasteiger partial charge in [-0.15, -0.1) is 0 Å². The van der Waals surface area contributed by atoms with Crippen molar-refractivity contribution in [3.63, 3.8) is 0 Å². The van der Waals surface area contributed by atoms with Crippen LogP contribution >= 0.6 is 11.8 Å². The number of H-pyrrole nitrogens is 1. The second-order valence-electron chi connectivity index (χ2n) is 7.97. The van der Waals surface area contributed by atoms with Crippen molar-refractivity contribution >= 4 is 11.8 Å². The van der Waals surface area contributed by atoms with Gasteiger partial charge in [0.25, 0.3) is 5.56 Å². The summed E-state index contributed by atoms with van der Waals surface area (Å²) < 4.78 is 49.3. The van der Waals surface area contributed by atoms with Crippen LogP contribution in [-0.2, 0) is 19.0 Å². The SMILES string of the molecule is COc1ncc(Cc2cnc(SCCc3ccc(Oc4cccc(C(F)(F)F)c4)c(C#N)c3)[nH]c2=O)cn1. The summed E-state index contributed by atoms with van der Waals surface area (Å²) in [7, 11) is 1.47. The zero-order chi connectivity index (χ0) is 27.1. The van der Waals surface area contributed by atoms with Crippen molar-refractivity contribution in [3.8, 4) is 23.6 Å². The van der Waals surface area contributed by atoms with Crippen LogP contribution in [0.25, 0.3) is 0 Å². The fraction of sp³-hybridized carbons (Fsp3) is 0.192. The number of rotatable bonds is 9. The molecule has 0 saturated carbocycles. The van der Waals surface area contributed by atoms with E-state index in [4.69, 9.17) is 9.47 Å². The number of nitriles is 1. The van der Waals surface area contributed by atoms with E-state index in [0.29, 0.717) is 29.3 Å². The molecule has 0 unspecified atom stereocenters. The summed E-state index contributed by atoms with van der Waals surface area (Å²) in [4.78, 5) is 27.6. The maximum atomic E-state index is 13.0. The Labute approximate surface area is 219 Å². The van der Waals surface area contributed by atoms with E-state index in [1.54, 1.807) is 30.6 Å². The minimum Gasteiger partial charge on any atom is -0.467 e. The van der Waals surface area contributed by atoms with Crippen molar-refractivity contribution in [1.82, 2.24) is 19.9 Å². The number of hydrogen-bond donors (Lipinski definition) is 1. The van der Waals surface area contributed by atoms with E-state index in [-0.39, 0.29) is 28.6 Å². The smallest absolute Gasteiger partial charge is 0.416 e. The summed E-state index contributed by atoms with van der Waals surface area (Å²) in [5, 5.41) is 9.97. The second-order valence-corrected chi connectivity index (χ2v) is 9.05. The predicted octanol–water partition coefficient (Wildman–Crippen LogP) is 5.18. The molecule has 0 spiro atoms. The lowest BCUT2D eigenvalue weighted by Gasteiger charge is -2.11. The van der Waals surface area contributed by atoms with Gasteiger partial charge in [0, 0.05) is 36.3 Å². The Hall–Kier alpha value is -4.37. The number of thioether (sulfide) groups is 1. The number of alkyl halides is 3. The van der Waals surface area contributed by atoms with E-state index < -0.39 is 11.7 Å². The molecule has 0 fully saturated rings. The van der Waals surface area contributed by atoms with Gasteiger partial charge < -0.3 is 14.5 Å². The maximum Gasteiger partial charge on any atom is 0.416 e. The molecule has 4 aromatic rings. The van der Waals surface area contributed by atoms with Crippen LogP contribution in [0.5, 0.6) is 17.5 Å². The number of benzene rings is 2. The molecule has 12 heteroatoms. The molecule has 0 radical (unpaired) electrons. The third-order valence-electron chi connectivity index (χ3n) is 5.29. The van der Waals surface area contributed by atoms with Crippen molar-refractivity contribution < 1.29 is 22.6 Å². The van der Waals surface area contributed by atoms with Crippen LogP contribution in [-0.4, -0.2) is 32.8 Å². The lowest BCUT2D eigenvalue weighted by Crippen LogP contribution is -2.15. The van der Waals surface area contributed by atoms with Gasteiger partial charge in [0.1, 0.15) is 17.6 Å². The molecule has 0 saturated heterocycles. The van der Waals surface area contributed by atoms with Crippen LogP contribution in [0.4, 0.5) is 13.2 Å². The van der Waals surface area contributed by atoms with Gasteiger partial charge >= 0.3 is 12.2 Å². The van der Waals surface area contributed by atoms with Crippen molar-refractivity contribution in [3.05, 3.63) is 99.2 Å². The Morgan fingerprint density at radius 3 is 2.53 bits per heavy atom. The lowest BCUT2D eigenvalue weighted by atomic mass is 10.1. The Bertz CT molecular complexity index is 1520. The molecule has 0 aliphatic heterocycles. The summed E-state index contributed by atoms with van der Waals surface area (Å²) in [5.41, 5.74) is 1.13. The van der Waals surface area contributed by atoms with Gasteiger partial charge in [0.2, 0.25) is 0 Å². The van der Waals surface area contributed by atoms with Crippen LogP contribution < -0.4 is 15.0 Å². The molecule has 0 aliphatic rings. The molecule has 1 N–H and O–H groups in total. The van der Waals surface area contributed by atoms with E-state index in [0.717, 1.165) is 23.3 Å². The molecule has 0 bridgehead atoms. The van der Waals surface area contributed by atoms with Crippen LogP contribution in [0.1, 0.15) is 27.8 Å². The van der Waals surface area contributed by atoms with Gasteiger partial charge in [-0.25, -0.2) is 15.0 Å². The average molecular weight is 540 g/mol. The molecule has 0 amide bonds. The normalized spacial score (nSPS) is 11.1. The van der Waals surface area contributed by atoms with Gasteiger partial charge in [0.15, 0.2) is 5.16 Å². The molecule has 38 heavy (non-hydrogen) atoms. The summed E-state index contributed by atoms with van der Waals surface area (Å²) in [6.45, 7) is 0. The molecule has 0 aliphatic carbocycles. The van der Waals surface area contributed by atoms with Gasteiger partial charge in [-0.3, -0.25) is 4.79 Å². The van der Waals surface area contributed by atoms with E-state index in [9.17, 15) is 23.2 Å². The van der Waals surface area contributed by atoms with Crippen molar-refractivity contribution in [2.75, 3.05) is 12.9 Å². The minimum atomic E-state index is -4.50. The number of nitrogens with one attached hydrogen (secondary N) is 1. The second kappa shape index (κ2) is 11.8. The molecule has 4 rings (SSSR count). The summed E-state index contributed by atoms with van der Waals surface area (Å²) in [6, 6.07) is 11.6. The first kappa shape index (κ1) is 26.7. The Morgan fingerprint density at radius 1 is 1.05 bits per heavy atom. The summed E-state index contributed by atoms with van der Waals surface area (Å²) >= 11 is 1.34. The Morgan fingerprint density at radius 2 is 1.84 bits per heavy atom. The molecular formula is C26H20F3N5O3S. The molecule has 0 atom stereocenters. The number of ether oxygens (including phenoxy) is 2. The van der Waals surface area contributed by atoms with Crippen molar-refractivity contribution in [2.45, 2.75) is 24.2 Å². The topological polar surface area (TPSA) is 114 Å². The van der Waals surface area contributed by atoms with Crippen molar-refractivity contribution in [2.24, 2.45) is 0 Å². The lowest BCUT2D eigenvalue weighted by molar-refractivity contribution is -0.137. The van der Waals surface area contributed by atoms with E-state index in [1.807, 2.05) is 6.07 Å². The zero-order valence-corrected chi connectivity index (χ0v) is 20.8. The largest absolute Gasteiger partial charge is 0.467 e. The molecule has 2 heterocycles. The standard InChI is InChI=1S/C26H20F3N5O3S/c1-36-24-31-13-17(14-32-24)10-19-15-33-25(34-23(19)35)38-8-7-16-5-6-22(18(9-16)12-30)37-21-4-2-3-20(11-21)26(27,28)29/h2-6,9,11,13-15H,7-8,10H2,1H3,(H,33,34,35). The zero-order valence-electron chi connectivity index (χ0n) is 20.0. The van der Waals surface area contributed by atoms with Crippen LogP contribution in [0.3, 0.4) is 0 Å². The molecule has 2 aromatic heterocycles. The Kier molecular flexibility index (Phi) is 8.28. The first-order valence-electron chi connectivity index (χ1n) is 11.2. The highest BCUT2D eigenvalue weighted by atomic mass is 32.2. The fourth-order valence-corrected chi connectivity index (χ4v) is 4.22. The minimum absolute atomic E-state index is 0.0161. The third kappa shape index (κ3) is 6.89. The molecule has 8 nitrogen and oxygen atoms in total. The molecule has 194 valence electrons. The van der Waals surface area contributed by atoms with E-state index >= 15 is 0 Å². The van der Waals surface area contributed by atoms with E-state index in [1.165, 1.54) is 37.2 Å².